The van der Waals surface area contributed by atoms with Crippen LogP contribution in [0.4, 0.5) is 0 Å². The Hall–Kier alpha value is -2.91. The van der Waals surface area contributed by atoms with Gasteiger partial charge in [-0.15, -0.1) is 0 Å². The third kappa shape index (κ3) is 4.57. The fourth-order valence-corrected chi connectivity index (χ4v) is 5.23. The van der Waals surface area contributed by atoms with Crippen molar-refractivity contribution in [2.45, 2.75) is 50.9 Å². The number of fused-ring (bicyclic) bond motifs is 2. The van der Waals surface area contributed by atoms with Crippen molar-refractivity contribution in [3.05, 3.63) is 102 Å². The molecule has 0 amide bonds. The van der Waals surface area contributed by atoms with Gasteiger partial charge < -0.3 is 4.74 Å². The third-order valence-corrected chi connectivity index (χ3v) is 6.85. The molecule has 0 saturated carbocycles. The largest absolute Gasteiger partial charge is 0.489 e. The van der Waals surface area contributed by atoms with Gasteiger partial charge in [-0.3, -0.25) is 9.69 Å². The van der Waals surface area contributed by atoms with Crippen LogP contribution in [0, 0.1) is 5.92 Å². The van der Waals surface area contributed by atoms with Crippen molar-refractivity contribution >= 4 is 5.78 Å². The van der Waals surface area contributed by atoms with Crippen molar-refractivity contribution in [2.75, 3.05) is 0 Å². The van der Waals surface area contributed by atoms with Crippen molar-refractivity contribution in [2.24, 2.45) is 5.92 Å². The zero-order valence-electron chi connectivity index (χ0n) is 17.8. The summed E-state index contributed by atoms with van der Waals surface area (Å²) in [6, 6.07) is 29.6. The molecule has 2 aliphatic heterocycles. The Morgan fingerprint density at radius 2 is 1.35 bits per heavy atom. The second-order valence-electron chi connectivity index (χ2n) is 8.87. The van der Waals surface area contributed by atoms with E-state index in [-0.39, 0.29) is 5.92 Å². The molecule has 0 N–H and O–H groups in total. The number of ketones is 1. The molecule has 0 aromatic heterocycles. The van der Waals surface area contributed by atoms with Gasteiger partial charge in [0.15, 0.2) is 5.78 Å². The molecular formula is C28H29NO2. The monoisotopic (exact) mass is 411 g/mol. The molecule has 0 aliphatic carbocycles. The van der Waals surface area contributed by atoms with Crippen LogP contribution in [0.25, 0.3) is 0 Å². The minimum absolute atomic E-state index is 0.139. The van der Waals surface area contributed by atoms with Crippen LogP contribution in [0.3, 0.4) is 0 Å². The van der Waals surface area contributed by atoms with Crippen LogP contribution < -0.4 is 4.74 Å². The first-order valence-corrected chi connectivity index (χ1v) is 11.4. The molecule has 2 bridgehead atoms. The summed E-state index contributed by atoms with van der Waals surface area (Å²) in [4.78, 5) is 15.9. The summed E-state index contributed by atoms with van der Waals surface area (Å²) >= 11 is 0. The summed E-state index contributed by atoms with van der Waals surface area (Å²) in [5.41, 5.74) is 3.32. The zero-order chi connectivity index (χ0) is 21.0. The number of ether oxygens (including phenoxy) is 1. The lowest BCUT2D eigenvalue weighted by atomic mass is 9.84. The molecule has 3 nitrogen and oxygen atoms in total. The molecule has 2 heterocycles. The molecule has 158 valence electrons. The number of hydrogen-bond donors (Lipinski definition) is 0. The predicted molar refractivity (Wildman–Crippen MR) is 123 cm³/mol. The quantitative estimate of drug-likeness (QED) is 0.454. The summed E-state index contributed by atoms with van der Waals surface area (Å²) < 4.78 is 5.87. The van der Waals surface area contributed by atoms with Gasteiger partial charge in [-0.1, -0.05) is 60.7 Å². The average Bonchev–Trinajstić information content (AvgIpc) is 3.05. The van der Waals surface area contributed by atoms with Gasteiger partial charge in [-0.25, -0.2) is 0 Å². The first-order chi connectivity index (χ1) is 15.3. The highest BCUT2D eigenvalue weighted by atomic mass is 16.5. The molecule has 2 atom stereocenters. The van der Waals surface area contributed by atoms with Gasteiger partial charge in [0, 0.05) is 30.1 Å². The summed E-state index contributed by atoms with van der Waals surface area (Å²) in [6.45, 7) is 1.54. The Morgan fingerprint density at radius 3 is 1.97 bits per heavy atom. The number of piperidine rings is 1. The zero-order valence-corrected chi connectivity index (χ0v) is 17.8. The number of Topliss-reactive ketones (excluding diaryl/α,β-unsaturated/α-hetero) is 1. The molecule has 31 heavy (non-hydrogen) atoms. The summed E-state index contributed by atoms with van der Waals surface area (Å²) in [6.07, 6.45) is 4.39. The maximum absolute atomic E-state index is 13.2. The van der Waals surface area contributed by atoms with Crippen LogP contribution in [0.5, 0.6) is 5.75 Å². The second-order valence-corrected chi connectivity index (χ2v) is 8.87. The minimum Gasteiger partial charge on any atom is -0.489 e. The van der Waals surface area contributed by atoms with Crippen LogP contribution in [0.1, 0.15) is 47.2 Å². The Kier molecular flexibility index (Phi) is 5.86. The SMILES string of the molecule is O=C(c1ccc(OCc2ccccc2)cc1)C1CC2CCC(C1)N2Cc1ccccc1. The highest BCUT2D eigenvalue weighted by Gasteiger charge is 2.42. The van der Waals surface area contributed by atoms with E-state index in [2.05, 4.69) is 47.4 Å². The lowest BCUT2D eigenvalue weighted by Crippen LogP contribution is -2.44. The lowest BCUT2D eigenvalue weighted by molar-refractivity contribution is 0.0678. The van der Waals surface area contributed by atoms with Crippen molar-refractivity contribution in [3.8, 4) is 5.75 Å². The second kappa shape index (κ2) is 9.07. The number of carbonyl (C=O) groups excluding carboxylic acids is 1. The van der Waals surface area contributed by atoms with E-state index >= 15 is 0 Å². The first-order valence-electron chi connectivity index (χ1n) is 11.4. The van der Waals surface area contributed by atoms with Gasteiger partial charge in [0.1, 0.15) is 12.4 Å². The van der Waals surface area contributed by atoms with E-state index in [4.69, 9.17) is 4.74 Å². The van der Waals surface area contributed by atoms with Crippen LogP contribution in [-0.4, -0.2) is 22.8 Å². The molecule has 2 saturated heterocycles. The third-order valence-electron chi connectivity index (χ3n) is 6.85. The normalized spacial score (nSPS) is 22.9. The van der Waals surface area contributed by atoms with Gasteiger partial charge in [0.05, 0.1) is 0 Å². The fourth-order valence-electron chi connectivity index (χ4n) is 5.23. The smallest absolute Gasteiger partial charge is 0.166 e. The Bertz CT molecular complexity index is 986. The topological polar surface area (TPSA) is 29.5 Å². The van der Waals surface area contributed by atoms with Crippen molar-refractivity contribution < 1.29 is 9.53 Å². The Balaban J connectivity index is 1.19. The van der Waals surface area contributed by atoms with E-state index < -0.39 is 0 Å². The maximum atomic E-state index is 13.2. The Labute approximate surface area is 184 Å². The van der Waals surface area contributed by atoms with Crippen LogP contribution >= 0.6 is 0 Å². The van der Waals surface area contributed by atoms with E-state index in [1.807, 2.05) is 42.5 Å². The molecule has 3 aromatic carbocycles. The number of nitrogens with zero attached hydrogens (tertiary/aromatic N) is 1. The van der Waals surface area contributed by atoms with E-state index in [1.165, 1.54) is 18.4 Å². The molecule has 0 spiro atoms. The highest BCUT2D eigenvalue weighted by Crippen LogP contribution is 2.40. The van der Waals surface area contributed by atoms with Gasteiger partial charge in [-0.2, -0.15) is 0 Å². The Morgan fingerprint density at radius 1 is 0.774 bits per heavy atom. The van der Waals surface area contributed by atoms with Crippen LogP contribution in [0.2, 0.25) is 0 Å². The summed E-state index contributed by atoms with van der Waals surface area (Å²) in [5.74, 6) is 1.24. The molecule has 3 aromatic rings. The van der Waals surface area contributed by atoms with Gasteiger partial charge in [0.25, 0.3) is 0 Å². The van der Waals surface area contributed by atoms with Gasteiger partial charge in [0.2, 0.25) is 0 Å². The molecule has 5 rings (SSSR count). The van der Waals surface area contributed by atoms with E-state index in [9.17, 15) is 4.79 Å². The molecule has 2 fully saturated rings. The predicted octanol–water partition coefficient (Wildman–Crippen LogP) is 5.89. The molecule has 2 aliphatic rings. The minimum atomic E-state index is 0.139. The molecule has 3 heteroatoms. The van der Waals surface area contributed by atoms with E-state index in [0.717, 1.165) is 36.3 Å². The fraction of sp³-hybridized carbons (Fsp3) is 0.321. The maximum Gasteiger partial charge on any atom is 0.166 e. The average molecular weight is 412 g/mol. The first kappa shape index (κ1) is 20.0. The standard InChI is InChI=1S/C28H29NO2/c30-28(23-11-15-27(16-12-23)31-20-22-9-5-2-6-10-22)24-17-25-13-14-26(18-24)29(25)19-21-7-3-1-4-8-21/h1-12,15-16,24-26H,13-14,17-20H2. The van der Waals surface area contributed by atoms with Gasteiger partial charge >= 0.3 is 0 Å². The van der Waals surface area contributed by atoms with Crippen molar-refractivity contribution in [1.82, 2.24) is 4.90 Å². The van der Waals surface area contributed by atoms with E-state index in [0.29, 0.717) is 24.5 Å². The number of rotatable bonds is 7. The van der Waals surface area contributed by atoms with Crippen molar-refractivity contribution in [1.29, 1.82) is 0 Å². The van der Waals surface area contributed by atoms with Crippen LogP contribution in [-0.2, 0) is 13.2 Å². The van der Waals surface area contributed by atoms with E-state index in [1.54, 1.807) is 0 Å². The van der Waals surface area contributed by atoms with Gasteiger partial charge in [-0.05, 0) is 61.1 Å². The number of hydrogen-bond acceptors (Lipinski definition) is 3. The highest BCUT2D eigenvalue weighted by molar-refractivity contribution is 5.98. The lowest BCUT2D eigenvalue weighted by Gasteiger charge is -2.38. The molecule has 0 radical (unpaired) electrons. The summed E-state index contributed by atoms with van der Waals surface area (Å²) in [5, 5.41) is 0. The molecule has 2 unspecified atom stereocenters. The van der Waals surface area contributed by atoms with Crippen LogP contribution in [0.15, 0.2) is 84.9 Å². The van der Waals surface area contributed by atoms with Crippen molar-refractivity contribution in [3.63, 3.8) is 0 Å². The molecular weight excluding hydrogens is 382 g/mol. The number of benzene rings is 3. The number of carbonyl (C=O) groups is 1. The summed E-state index contributed by atoms with van der Waals surface area (Å²) in [7, 11) is 0.